The number of aliphatic hydroxyl groups excluding tert-OH is 1. The van der Waals surface area contributed by atoms with E-state index in [4.69, 9.17) is 5.11 Å². The van der Waals surface area contributed by atoms with Crippen LogP contribution in [0.1, 0.15) is 6.92 Å². The molecule has 0 heterocycles. The predicted molar refractivity (Wildman–Crippen MR) is 30.4 cm³/mol. The van der Waals surface area contributed by atoms with Crippen LogP contribution in [0.2, 0.25) is 0 Å². The molecule has 0 unspecified atom stereocenters. The summed E-state index contributed by atoms with van der Waals surface area (Å²) in [5.41, 5.74) is 0. The molecule has 0 aromatic heterocycles. The van der Waals surface area contributed by atoms with Crippen molar-refractivity contribution in [2.75, 3.05) is 6.61 Å². The first kappa shape index (κ1) is 11.0. The molecule has 1 amide bonds. The summed E-state index contributed by atoms with van der Waals surface area (Å²) in [6.45, 7) is 0.912. The van der Waals surface area contributed by atoms with Gasteiger partial charge in [-0.3, -0.25) is 4.79 Å². The number of aliphatic hydroxyl groups is 1. The molecular formula is C5H8FmNO3-. The molecule has 64 valence electrons. The van der Waals surface area contributed by atoms with Gasteiger partial charge in [0.15, 0.2) is 5.78 Å². The normalized spacial score (nSPS) is 11.0. The Hall–Kier alpha value is -1.90. The van der Waals surface area contributed by atoms with Crippen LogP contribution in [0.5, 0.6) is 0 Å². The summed E-state index contributed by atoms with van der Waals surface area (Å²) in [7, 11) is 0. The molecule has 0 aliphatic rings. The second kappa shape index (κ2) is 5.24. The molecule has 4 nitrogen and oxygen atoms in total. The minimum absolute atomic E-state index is 0. The first-order chi connectivity index (χ1) is 4.22. The Morgan fingerprint density at radius 1 is 1.80 bits per heavy atom. The Bertz CT molecular complexity index is 117. The van der Waals surface area contributed by atoms with Crippen molar-refractivity contribution < 1.29 is 14.7 Å². The van der Waals surface area contributed by atoms with Gasteiger partial charge < -0.3 is 15.2 Å². The maximum atomic E-state index is 10.4. The third kappa shape index (κ3) is 3.15. The van der Waals surface area contributed by atoms with Gasteiger partial charge in [-0.15, -0.1) is 0 Å². The third-order valence-electron chi connectivity index (χ3n) is 0.906. The number of amides is 1. The van der Waals surface area contributed by atoms with E-state index >= 15 is 0 Å². The van der Waals surface area contributed by atoms with Crippen molar-refractivity contribution >= 4 is 12.2 Å². The summed E-state index contributed by atoms with van der Waals surface area (Å²) in [6, 6.07) is -0.789. The van der Waals surface area contributed by atoms with E-state index in [9.17, 15) is 9.59 Å². The van der Waals surface area contributed by atoms with Crippen LogP contribution in [0.4, 0.5) is 0 Å². The molecule has 0 rings (SSSR count). The maximum Gasteiger partial charge on any atom is 0.151 e. The van der Waals surface area contributed by atoms with Gasteiger partial charge >= 0.3 is 0 Å². The van der Waals surface area contributed by atoms with Crippen LogP contribution in [0.15, 0.2) is 0 Å². The molecule has 0 bridgehead atoms. The molecule has 1 atom stereocenters. The Labute approximate surface area is 52.9 Å². The van der Waals surface area contributed by atoms with Gasteiger partial charge in [-0.05, 0) is 6.92 Å². The van der Waals surface area contributed by atoms with E-state index in [1.54, 1.807) is 0 Å². The molecule has 0 saturated carbocycles. The van der Waals surface area contributed by atoms with Gasteiger partial charge in [0.05, 0.1) is 12.6 Å². The molecule has 0 aliphatic carbocycles. The van der Waals surface area contributed by atoms with Gasteiger partial charge in [0.25, 0.3) is 0 Å². The Morgan fingerprint density at radius 2 is 2.30 bits per heavy atom. The van der Waals surface area contributed by atoms with Gasteiger partial charge in [-0.25, -0.2) is 0 Å². The Kier molecular flexibility index (Phi) is 5.75. The average Bonchev–Trinajstić information content (AvgIpc) is 1.82. The molecule has 0 saturated heterocycles. The number of ketones is 1. The summed E-state index contributed by atoms with van der Waals surface area (Å²) in [6.07, 6.45) is 1.32. The average molecular weight is 387 g/mol. The van der Waals surface area contributed by atoms with E-state index in [0.717, 1.165) is 0 Å². The smallest absolute Gasteiger partial charge is 0.151 e. The fraction of sp³-hybridized carbons (Fsp3) is 0.600. The zero-order valence-electron chi connectivity index (χ0n) is 5.34. The summed E-state index contributed by atoms with van der Waals surface area (Å²) < 4.78 is 0. The number of Topliss-reactive ketones (excluding diaryl/α,β-unsaturated/α-hetero) is 1. The zero-order valence-corrected chi connectivity index (χ0v) is 7.74. The molecule has 0 spiro atoms. The first-order valence-electron chi connectivity index (χ1n) is 2.46. The molecule has 0 aromatic carbocycles. The molecule has 5 heteroatoms. The fourth-order valence-corrected chi connectivity index (χ4v) is 0.347. The van der Waals surface area contributed by atoms with Crippen LogP contribution in [-0.4, -0.2) is 29.9 Å². The van der Waals surface area contributed by atoms with Gasteiger partial charge in [0.1, 0.15) is 0 Å². The SMILES string of the molecule is CC(=O)[C@H](CO)N[C-]=O.[Fm]. The van der Waals surface area contributed by atoms with Gasteiger partial charge in [0.2, 0.25) is 0 Å². The predicted octanol–water partition coefficient (Wildman–Crippen LogP) is -1.41. The molecule has 0 aromatic rings. The number of hydrogen-bond acceptors (Lipinski definition) is 3. The van der Waals surface area contributed by atoms with Crippen LogP contribution in [-0.2, 0) is 9.59 Å². The number of carbonyl (C=O) groups excluding carboxylic acids is 2. The molecular weight excluding hydrogens is 379 g/mol. The summed E-state index contributed by atoms with van der Waals surface area (Å²) in [5.74, 6) is -0.277. The monoisotopic (exact) mass is 387 g/mol. The largest absolute Gasteiger partial charge is 0.520 e. The number of hydrogen-bond donors (Lipinski definition) is 2. The summed E-state index contributed by atoms with van der Waals surface area (Å²) in [4.78, 5) is 19.9. The molecule has 0 aliphatic heterocycles. The minimum Gasteiger partial charge on any atom is -0.520 e. The van der Waals surface area contributed by atoms with Crippen LogP contribution in [0, 0.1) is 0 Å². The van der Waals surface area contributed by atoms with Gasteiger partial charge in [-0.2, -0.15) is 6.41 Å². The van der Waals surface area contributed by atoms with Crippen molar-refractivity contribution in [1.82, 2.24) is 5.32 Å². The van der Waals surface area contributed by atoms with Crippen molar-refractivity contribution in [3.05, 3.63) is 0 Å². The van der Waals surface area contributed by atoms with E-state index in [0.29, 0.717) is 0 Å². The first-order valence-corrected chi connectivity index (χ1v) is 2.46. The van der Waals surface area contributed by atoms with Gasteiger partial charge in [-0.1, -0.05) is 0 Å². The van der Waals surface area contributed by atoms with Crippen LogP contribution < -0.4 is 5.32 Å². The Morgan fingerprint density at radius 3 is 2.40 bits per heavy atom. The van der Waals surface area contributed by atoms with E-state index in [1.807, 2.05) is 5.32 Å². The topological polar surface area (TPSA) is 66.4 Å². The van der Waals surface area contributed by atoms with Crippen molar-refractivity contribution in [2.24, 2.45) is 0 Å². The van der Waals surface area contributed by atoms with E-state index in [2.05, 4.69) is 0 Å². The van der Waals surface area contributed by atoms with Crippen molar-refractivity contribution in [1.29, 1.82) is 0 Å². The van der Waals surface area contributed by atoms with Crippen LogP contribution in [0.25, 0.3) is 0 Å². The minimum atomic E-state index is -0.789. The maximum absolute atomic E-state index is 10.4. The van der Waals surface area contributed by atoms with Crippen molar-refractivity contribution in [2.45, 2.75) is 13.0 Å². The third-order valence-corrected chi connectivity index (χ3v) is 0.906. The molecule has 0 fully saturated rings. The zero-order chi connectivity index (χ0) is 7.28. The number of carbonyl (C=O) groups is 1. The van der Waals surface area contributed by atoms with Crippen molar-refractivity contribution in [3.63, 3.8) is 0 Å². The number of rotatable bonds is 4. The quantitative estimate of drug-likeness (QED) is 0.461. The van der Waals surface area contributed by atoms with E-state index in [1.165, 1.54) is 13.3 Å². The fourth-order valence-electron chi connectivity index (χ4n) is 0.347. The second-order valence-electron chi connectivity index (χ2n) is 1.59. The number of nitrogens with one attached hydrogen (secondary N) is 1. The van der Waals surface area contributed by atoms with E-state index in [-0.39, 0.29) is 12.4 Å². The molecule has 10 heavy (non-hydrogen) atoms. The molecule has 2 N–H and O–H groups in total. The molecule has 0 radical (unpaired) electrons. The van der Waals surface area contributed by atoms with Crippen molar-refractivity contribution in [3.8, 4) is 0 Å². The Balaban J connectivity index is 0. The standard InChI is InChI=1S/C5H8NO3.Fm/c1-4(9)5(2-7)6-3-8;/h5,7H,2H2,1H3,(H,6,8);/q-1;/t5-;/m0./s1. The summed E-state index contributed by atoms with van der Waals surface area (Å²) in [5, 5.41) is 10.4. The second-order valence-corrected chi connectivity index (χ2v) is 1.59. The van der Waals surface area contributed by atoms with Crippen LogP contribution in [0.3, 0.4) is 0 Å². The summed E-state index contributed by atoms with van der Waals surface area (Å²) >= 11 is 0. The van der Waals surface area contributed by atoms with Crippen LogP contribution >= 0.6 is 0 Å². The van der Waals surface area contributed by atoms with E-state index < -0.39 is 6.04 Å². The van der Waals surface area contributed by atoms with Gasteiger partial charge in [0, 0.05) is 0 Å².